The van der Waals surface area contributed by atoms with Crippen LogP contribution < -0.4 is 5.73 Å². The summed E-state index contributed by atoms with van der Waals surface area (Å²) in [6, 6.07) is 0. The highest BCUT2D eigenvalue weighted by molar-refractivity contribution is 5.79. The average Bonchev–Trinajstić information content (AvgIpc) is 2.72. The molecule has 1 aliphatic heterocycles. The van der Waals surface area contributed by atoms with Crippen LogP contribution in [0.15, 0.2) is 0 Å². The highest BCUT2D eigenvalue weighted by Gasteiger charge is 2.33. The topological polar surface area (TPSA) is 46.3 Å². The molecule has 1 aliphatic carbocycles. The first-order valence-corrected chi connectivity index (χ1v) is 8.62. The monoisotopic (exact) mass is 280 g/mol. The number of carbonyl (C=O) groups is 1. The van der Waals surface area contributed by atoms with Gasteiger partial charge in [-0.1, -0.05) is 26.7 Å². The van der Waals surface area contributed by atoms with Gasteiger partial charge in [-0.15, -0.1) is 0 Å². The van der Waals surface area contributed by atoms with Crippen molar-refractivity contribution in [1.82, 2.24) is 4.90 Å². The highest BCUT2D eigenvalue weighted by atomic mass is 16.2. The molecule has 0 radical (unpaired) electrons. The quantitative estimate of drug-likeness (QED) is 0.863. The van der Waals surface area contributed by atoms with E-state index in [0.29, 0.717) is 18.4 Å². The summed E-state index contributed by atoms with van der Waals surface area (Å²) >= 11 is 0. The molecule has 0 aromatic rings. The fraction of sp³-hybridized carbons (Fsp3) is 0.941. The van der Waals surface area contributed by atoms with E-state index in [1.165, 1.54) is 32.1 Å². The summed E-state index contributed by atoms with van der Waals surface area (Å²) in [5.74, 6) is 2.59. The summed E-state index contributed by atoms with van der Waals surface area (Å²) in [5, 5.41) is 0. The lowest BCUT2D eigenvalue weighted by Gasteiger charge is -2.34. The third-order valence-electron chi connectivity index (χ3n) is 5.56. The van der Waals surface area contributed by atoms with Crippen LogP contribution in [0.2, 0.25) is 0 Å². The number of hydrogen-bond acceptors (Lipinski definition) is 2. The Kier molecular flexibility index (Phi) is 5.88. The molecule has 2 aliphatic rings. The van der Waals surface area contributed by atoms with Crippen molar-refractivity contribution < 1.29 is 4.79 Å². The second kappa shape index (κ2) is 7.44. The van der Waals surface area contributed by atoms with Gasteiger partial charge in [0.2, 0.25) is 5.91 Å². The Balaban J connectivity index is 1.94. The number of hydrogen-bond donors (Lipinski definition) is 1. The molecule has 3 nitrogen and oxygen atoms in total. The van der Waals surface area contributed by atoms with Crippen LogP contribution in [-0.4, -0.2) is 30.4 Å². The van der Waals surface area contributed by atoms with Crippen LogP contribution in [0, 0.1) is 23.7 Å². The number of amides is 1. The van der Waals surface area contributed by atoms with Crippen LogP contribution >= 0.6 is 0 Å². The second-order valence-electron chi connectivity index (χ2n) is 7.15. The van der Waals surface area contributed by atoms with Crippen molar-refractivity contribution in [2.24, 2.45) is 29.4 Å². The van der Waals surface area contributed by atoms with Crippen LogP contribution in [-0.2, 0) is 4.79 Å². The fourth-order valence-electron chi connectivity index (χ4n) is 4.06. The zero-order chi connectivity index (χ0) is 14.5. The van der Waals surface area contributed by atoms with Crippen molar-refractivity contribution in [3.63, 3.8) is 0 Å². The Morgan fingerprint density at radius 1 is 1.10 bits per heavy atom. The van der Waals surface area contributed by atoms with Crippen molar-refractivity contribution in [2.45, 2.75) is 58.8 Å². The molecule has 2 N–H and O–H groups in total. The predicted octanol–water partition coefficient (Wildman–Crippen LogP) is 3.04. The first-order valence-electron chi connectivity index (χ1n) is 8.62. The van der Waals surface area contributed by atoms with Crippen LogP contribution in [0.5, 0.6) is 0 Å². The molecule has 0 bridgehead atoms. The van der Waals surface area contributed by atoms with Gasteiger partial charge in [0.05, 0.1) is 0 Å². The normalized spacial score (nSPS) is 32.2. The molecule has 2 fully saturated rings. The van der Waals surface area contributed by atoms with Gasteiger partial charge in [0.25, 0.3) is 0 Å². The molecule has 3 heteroatoms. The number of nitrogens with zero attached hydrogens (tertiary/aromatic N) is 1. The lowest BCUT2D eigenvalue weighted by molar-refractivity contribution is -0.138. The average molecular weight is 280 g/mol. The fourth-order valence-corrected chi connectivity index (χ4v) is 4.06. The minimum atomic E-state index is 0.212. The molecule has 2 rings (SSSR count). The van der Waals surface area contributed by atoms with E-state index in [1.54, 1.807) is 0 Å². The molecule has 3 unspecified atom stereocenters. The zero-order valence-corrected chi connectivity index (χ0v) is 13.3. The molecule has 0 spiro atoms. The van der Waals surface area contributed by atoms with Crippen molar-refractivity contribution in [2.75, 3.05) is 19.6 Å². The summed E-state index contributed by atoms with van der Waals surface area (Å²) in [4.78, 5) is 15.0. The number of carbonyl (C=O) groups excluding carboxylic acids is 1. The van der Waals surface area contributed by atoms with E-state index in [4.69, 9.17) is 5.73 Å². The van der Waals surface area contributed by atoms with Gasteiger partial charge in [-0.3, -0.25) is 4.79 Å². The van der Waals surface area contributed by atoms with Crippen LogP contribution in [0.1, 0.15) is 58.8 Å². The first-order chi connectivity index (χ1) is 9.63. The Bertz CT molecular complexity index is 316. The van der Waals surface area contributed by atoms with Gasteiger partial charge in [-0.25, -0.2) is 0 Å². The summed E-state index contributed by atoms with van der Waals surface area (Å²) < 4.78 is 0. The molecular weight excluding hydrogens is 248 g/mol. The first kappa shape index (κ1) is 15.8. The Morgan fingerprint density at radius 2 is 1.85 bits per heavy atom. The molecule has 0 aromatic carbocycles. The van der Waals surface area contributed by atoms with Crippen molar-refractivity contribution in [1.29, 1.82) is 0 Å². The molecule has 1 heterocycles. The van der Waals surface area contributed by atoms with Gasteiger partial charge in [0.15, 0.2) is 0 Å². The Hall–Kier alpha value is -0.570. The molecule has 1 saturated carbocycles. The summed E-state index contributed by atoms with van der Waals surface area (Å²) in [5.41, 5.74) is 5.88. The predicted molar refractivity (Wildman–Crippen MR) is 83.3 cm³/mol. The molecule has 1 saturated heterocycles. The lowest BCUT2D eigenvalue weighted by Crippen LogP contribution is -2.42. The van der Waals surface area contributed by atoms with E-state index in [2.05, 4.69) is 18.7 Å². The number of rotatable bonds is 3. The number of nitrogens with two attached hydrogens (primary N) is 1. The van der Waals surface area contributed by atoms with Gasteiger partial charge in [-0.05, 0) is 56.4 Å². The summed E-state index contributed by atoms with van der Waals surface area (Å²) in [6.45, 7) is 7.24. The van der Waals surface area contributed by atoms with E-state index in [0.717, 1.165) is 37.8 Å². The van der Waals surface area contributed by atoms with Crippen molar-refractivity contribution in [3.8, 4) is 0 Å². The molecule has 0 aromatic heterocycles. The largest absolute Gasteiger partial charge is 0.342 e. The van der Waals surface area contributed by atoms with Crippen molar-refractivity contribution >= 4 is 5.91 Å². The lowest BCUT2D eigenvalue weighted by atomic mass is 9.78. The third kappa shape index (κ3) is 3.75. The van der Waals surface area contributed by atoms with Gasteiger partial charge in [-0.2, -0.15) is 0 Å². The SMILES string of the molecule is CC(C)C1CCCN(C(=O)C2CCCCC2CN)CC1. The highest BCUT2D eigenvalue weighted by Crippen LogP contribution is 2.32. The second-order valence-corrected chi connectivity index (χ2v) is 7.15. The van der Waals surface area contributed by atoms with Gasteiger partial charge in [0.1, 0.15) is 0 Å². The van der Waals surface area contributed by atoms with Gasteiger partial charge in [0, 0.05) is 19.0 Å². The van der Waals surface area contributed by atoms with E-state index in [9.17, 15) is 4.79 Å². The third-order valence-corrected chi connectivity index (χ3v) is 5.56. The molecule has 3 atom stereocenters. The molecule has 20 heavy (non-hydrogen) atoms. The smallest absolute Gasteiger partial charge is 0.226 e. The summed E-state index contributed by atoms with van der Waals surface area (Å²) in [6.07, 6.45) is 8.31. The molecular formula is C17H32N2O. The number of likely N-dealkylation sites (tertiary alicyclic amines) is 1. The minimum absolute atomic E-state index is 0.212. The maximum Gasteiger partial charge on any atom is 0.226 e. The van der Waals surface area contributed by atoms with Crippen LogP contribution in [0.3, 0.4) is 0 Å². The summed E-state index contributed by atoms with van der Waals surface area (Å²) in [7, 11) is 0. The Labute approximate surface area is 124 Å². The maximum absolute atomic E-state index is 12.8. The van der Waals surface area contributed by atoms with Crippen LogP contribution in [0.25, 0.3) is 0 Å². The van der Waals surface area contributed by atoms with E-state index in [1.807, 2.05) is 0 Å². The minimum Gasteiger partial charge on any atom is -0.342 e. The maximum atomic E-state index is 12.8. The van der Waals surface area contributed by atoms with Gasteiger partial charge >= 0.3 is 0 Å². The van der Waals surface area contributed by atoms with Gasteiger partial charge < -0.3 is 10.6 Å². The van der Waals surface area contributed by atoms with Crippen molar-refractivity contribution in [3.05, 3.63) is 0 Å². The van der Waals surface area contributed by atoms with E-state index >= 15 is 0 Å². The standard InChI is InChI=1S/C17H32N2O/c1-13(2)14-7-5-10-19(11-9-14)17(20)16-8-4-3-6-15(16)12-18/h13-16H,3-12,18H2,1-2H3. The molecule has 1 amide bonds. The zero-order valence-electron chi connectivity index (χ0n) is 13.3. The molecule has 116 valence electrons. The van der Waals surface area contributed by atoms with E-state index < -0.39 is 0 Å². The Morgan fingerprint density at radius 3 is 2.55 bits per heavy atom. The van der Waals surface area contributed by atoms with E-state index in [-0.39, 0.29) is 5.92 Å². The van der Waals surface area contributed by atoms with Crippen LogP contribution in [0.4, 0.5) is 0 Å².